The Balaban J connectivity index is 1.72. The van der Waals surface area contributed by atoms with Crippen LogP contribution >= 0.6 is 0 Å². The van der Waals surface area contributed by atoms with E-state index in [-0.39, 0.29) is 5.91 Å². The second-order valence-electron chi connectivity index (χ2n) is 8.35. The molecule has 7 heteroatoms. The number of pyridine rings is 1. The summed E-state index contributed by atoms with van der Waals surface area (Å²) in [5, 5.41) is 0.977. The van der Waals surface area contributed by atoms with Gasteiger partial charge in [0.1, 0.15) is 19.2 Å². The summed E-state index contributed by atoms with van der Waals surface area (Å²) >= 11 is 0. The number of nitrogens with one attached hydrogen (secondary N) is 1. The summed E-state index contributed by atoms with van der Waals surface area (Å²) in [6, 6.07) is 15.5. The fourth-order valence-corrected chi connectivity index (χ4v) is 3.83. The molecule has 0 unspecified atom stereocenters. The molecule has 0 spiro atoms. The van der Waals surface area contributed by atoms with E-state index < -0.39 is 0 Å². The Bertz CT molecular complexity index is 1300. The number of aromatic nitrogens is 2. The molecule has 0 saturated heterocycles. The number of para-hydroxylation sites is 1. The molecule has 0 aliphatic rings. The molecule has 33 heavy (non-hydrogen) atoms. The van der Waals surface area contributed by atoms with Crippen LogP contribution in [0, 0.1) is 0 Å². The Labute approximate surface area is 195 Å². The van der Waals surface area contributed by atoms with Crippen LogP contribution in [0.25, 0.3) is 33.3 Å². The topological polar surface area (TPSA) is 61.5 Å². The number of rotatable bonds is 7. The lowest BCUT2D eigenvalue weighted by atomic mass is 9.87. The fourth-order valence-electron chi connectivity index (χ4n) is 3.83. The molecule has 0 atom stereocenters. The largest absolute Gasteiger partial charge is 0.496 e. The number of aromatic amines is 1. The van der Waals surface area contributed by atoms with E-state index in [2.05, 4.69) is 16.0 Å². The molecule has 0 aliphatic heterocycles. The van der Waals surface area contributed by atoms with Crippen LogP contribution in [0.2, 0.25) is 0 Å². The third-order valence-electron chi connectivity index (χ3n) is 5.77. The minimum Gasteiger partial charge on any atom is -0.496 e. The van der Waals surface area contributed by atoms with E-state index in [9.17, 15) is 4.79 Å². The lowest BCUT2D eigenvalue weighted by molar-refractivity contribution is 0.0787. The molecule has 2 radical (unpaired) electrons. The van der Waals surface area contributed by atoms with Crippen molar-refractivity contribution in [1.82, 2.24) is 19.8 Å². The standard InChI is InChI=1S/C26H27BN4O2/c1-30(2)11-12-31(3)26(32)21-13-17(9-10-23(21)27)18-14-20-22(16-29-25(20)28-15-18)19-7-5-6-8-24(19)33-4/h5-10,13-16H,11-12H2,1-4H3,(H,28,29). The van der Waals surface area contributed by atoms with Gasteiger partial charge in [0.2, 0.25) is 0 Å². The van der Waals surface area contributed by atoms with Gasteiger partial charge >= 0.3 is 0 Å². The maximum atomic E-state index is 13.0. The number of nitrogens with zero attached hydrogens (tertiary/aromatic N) is 3. The van der Waals surface area contributed by atoms with Gasteiger partial charge in [-0.2, -0.15) is 0 Å². The molecule has 6 nitrogen and oxygen atoms in total. The van der Waals surface area contributed by atoms with Crippen LogP contribution in [-0.4, -0.2) is 74.9 Å². The van der Waals surface area contributed by atoms with Crippen molar-refractivity contribution < 1.29 is 9.53 Å². The molecule has 4 aromatic rings. The van der Waals surface area contributed by atoms with E-state index in [1.54, 1.807) is 31.3 Å². The van der Waals surface area contributed by atoms with Gasteiger partial charge in [-0.3, -0.25) is 4.79 Å². The SMILES string of the molecule is [B]c1ccc(-c2cnc3[nH]cc(-c4ccccc4OC)c3c2)cc1C(=O)N(C)CCN(C)C. The van der Waals surface area contributed by atoms with Crippen LogP contribution in [-0.2, 0) is 0 Å². The maximum Gasteiger partial charge on any atom is 0.253 e. The molecule has 0 aliphatic carbocycles. The van der Waals surface area contributed by atoms with Gasteiger partial charge in [-0.1, -0.05) is 35.8 Å². The van der Waals surface area contributed by atoms with Gasteiger partial charge in [0, 0.05) is 60.2 Å². The van der Waals surface area contributed by atoms with E-state index in [4.69, 9.17) is 12.6 Å². The minimum atomic E-state index is -0.0957. The summed E-state index contributed by atoms with van der Waals surface area (Å²) in [6.07, 6.45) is 3.75. The lowest BCUT2D eigenvalue weighted by Crippen LogP contribution is -2.35. The molecule has 1 amide bonds. The monoisotopic (exact) mass is 438 g/mol. The summed E-state index contributed by atoms with van der Waals surface area (Å²) in [4.78, 5) is 24.6. The Kier molecular flexibility index (Phi) is 6.51. The fraction of sp³-hybridized carbons (Fsp3) is 0.231. The van der Waals surface area contributed by atoms with Crippen molar-refractivity contribution in [3.05, 3.63) is 66.5 Å². The van der Waals surface area contributed by atoms with Crippen LogP contribution in [0.1, 0.15) is 10.4 Å². The summed E-state index contributed by atoms with van der Waals surface area (Å²) in [5.41, 5.74) is 5.53. The van der Waals surface area contributed by atoms with Gasteiger partial charge in [0.15, 0.2) is 0 Å². The highest BCUT2D eigenvalue weighted by atomic mass is 16.5. The summed E-state index contributed by atoms with van der Waals surface area (Å²) in [6.45, 7) is 1.40. The highest BCUT2D eigenvalue weighted by Crippen LogP contribution is 2.36. The van der Waals surface area contributed by atoms with Crippen molar-refractivity contribution in [2.45, 2.75) is 0 Å². The van der Waals surface area contributed by atoms with Crippen LogP contribution < -0.4 is 10.2 Å². The van der Waals surface area contributed by atoms with Crippen molar-refractivity contribution in [2.75, 3.05) is 41.3 Å². The van der Waals surface area contributed by atoms with E-state index >= 15 is 0 Å². The zero-order valence-electron chi connectivity index (χ0n) is 19.4. The molecule has 166 valence electrons. The predicted octanol–water partition coefficient (Wildman–Crippen LogP) is 3.33. The average Bonchev–Trinajstić information content (AvgIpc) is 3.25. The second kappa shape index (κ2) is 9.51. The first-order valence-electron chi connectivity index (χ1n) is 10.8. The van der Waals surface area contributed by atoms with E-state index in [1.807, 2.05) is 61.6 Å². The van der Waals surface area contributed by atoms with Crippen molar-refractivity contribution in [3.8, 4) is 28.0 Å². The minimum absolute atomic E-state index is 0.0957. The number of methoxy groups -OCH3 is 1. The molecule has 1 N–H and O–H groups in total. The summed E-state index contributed by atoms with van der Waals surface area (Å²) in [7, 11) is 13.6. The molecular weight excluding hydrogens is 411 g/mol. The number of carbonyl (C=O) groups is 1. The van der Waals surface area contributed by atoms with Crippen LogP contribution in [0.5, 0.6) is 5.75 Å². The zero-order chi connectivity index (χ0) is 23.5. The quantitative estimate of drug-likeness (QED) is 0.450. The van der Waals surface area contributed by atoms with Crippen LogP contribution in [0.4, 0.5) is 0 Å². The molecule has 0 fully saturated rings. The smallest absolute Gasteiger partial charge is 0.253 e. The molecule has 0 saturated carbocycles. The zero-order valence-corrected chi connectivity index (χ0v) is 19.4. The van der Waals surface area contributed by atoms with Gasteiger partial charge in [-0.15, -0.1) is 0 Å². The number of carbonyl (C=O) groups excluding carboxylic acids is 1. The molecule has 4 rings (SSSR count). The Morgan fingerprint density at radius 2 is 1.82 bits per heavy atom. The number of ether oxygens (including phenoxy) is 1. The Hall–Kier alpha value is -3.58. The average molecular weight is 438 g/mol. The van der Waals surface area contributed by atoms with Gasteiger partial charge < -0.3 is 19.5 Å². The Morgan fingerprint density at radius 3 is 2.58 bits per heavy atom. The van der Waals surface area contributed by atoms with Crippen molar-refractivity contribution in [1.29, 1.82) is 0 Å². The lowest BCUT2D eigenvalue weighted by Gasteiger charge is -2.21. The first-order valence-corrected chi connectivity index (χ1v) is 10.8. The Morgan fingerprint density at radius 1 is 1.03 bits per heavy atom. The number of likely N-dealkylation sites (N-methyl/N-ethyl adjacent to an activating group) is 2. The highest BCUT2D eigenvalue weighted by molar-refractivity contribution is 6.36. The number of hydrogen-bond acceptors (Lipinski definition) is 4. The number of hydrogen-bond donors (Lipinski definition) is 1. The maximum absolute atomic E-state index is 13.0. The van der Waals surface area contributed by atoms with Crippen molar-refractivity contribution in [2.24, 2.45) is 0 Å². The number of amides is 1. The molecule has 0 bridgehead atoms. The first-order chi connectivity index (χ1) is 15.9. The van der Waals surface area contributed by atoms with Crippen LogP contribution in [0.3, 0.4) is 0 Å². The molecule has 2 aromatic heterocycles. The summed E-state index contributed by atoms with van der Waals surface area (Å²) < 4.78 is 5.55. The predicted molar refractivity (Wildman–Crippen MR) is 134 cm³/mol. The molecule has 2 aromatic carbocycles. The highest BCUT2D eigenvalue weighted by Gasteiger charge is 2.16. The molecule has 2 heterocycles. The van der Waals surface area contributed by atoms with Gasteiger partial charge in [0.25, 0.3) is 5.91 Å². The normalized spacial score (nSPS) is 11.2. The third-order valence-corrected chi connectivity index (χ3v) is 5.77. The van der Waals surface area contributed by atoms with Gasteiger partial charge in [-0.05, 0) is 37.9 Å². The number of fused-ring (bicyclic) bond motifs is 1. The number of H-pyrrole nitrogens is 1. The third kappa shape index (κ3) is 4.64. The number of benzene rings is 2. The van der Waals surface area contributed by atoms with E-state index in [0.717, 1.165) is 45.6 Å². The van der Waals surface area contributed by atoms with Gasteiger partial charge in [-0.25, -0.2) is 4.98 Å². The molecular formula is C26H27BN4O2. The van der Waals surface area contributed by atoms with E-state index in [1.165, 1.54) is 0 Å². The summed E-state index contributed by atoms with van der Waals surface area (Å²) in [5.74, 6) is 0.700. The first kappa shape index (κ1) is 22.6. The van der Waals surface area contributed by atoms with Crippen molar-refractivity contribution >= 4 is 30.2 Å². The van der Waals surface area contributed by atoms with E-state index in [0.29, 0.717) is 17.6 Å². The van der Waals surface area contributed by atoms with Crippen LogP contribution in [0.15, 0.2) is 60.9 Å². The second-order valence-corrected chi connectivity index (χ2v) is 8.35. The van der Waals surface area contributed by atoms with Gasteiger partial charge in [0.05, 0.1) is 7.11 Å². The van der Waals surface area contributed by atoms with Crippen molar-refractivity contribution in [3.63, 3.8) is 0 Å².